The van der Waals surface area contributed by atoms with Gasteiger partial charge >= 0.3 is 23.5 Å². The van der Waals surface area contributed by atoms with E-state index < -0.39 is 78.5 Å². The number of fused-ring (bicyclic) bond motifs is 1. The van der Waals surface area contributed by atoms with Crippen LogP contribution in [0.15, 0.2) is 17.8 Å². The van der Waals surface area contributed by atoms with Crippen molar-refractivity contribution in [1.29, 1.82) is 0 Å². The largest absolute Gasteiger partial charge is 0.481 e. The Labute approximate surface area is 281 Å². The van der Waals surface area contributed by atoms with Crippen molar-refractivity contribution in [3.63, 3.8) is 0 Å². The summed E-state index contributed by atoms with van der Waals surface area (Å²) < 4.78 is 62.3. The lowest BCUT2D eigenvalue weighted by Gasteiger charge is -2.30. The number of carbonyl (C=O) groups excluding carboxylic acids is 1. The van der Waals surface area contributed by atoms with Crippen molar-refractivity contribution in [2.45, 2.75) is 97.6 Å². The number of hydrogen-bond donors (Lipinski definition) is 6. The molecule has 1 aliphatic heterocycles. The van der Waals surface area contributed by atoms with E-state index >= 15 is 0 Å². The summed E-state index contributed by atoms with van der Waals surface area (Å²) in [6.45, 7) is 7.84. The van der Waals surface area contributed by atoms with Gasteiger partial charge in [-0.3, -0.25) is 22.9 Å². The summed E-state index contributed by atoms with van der Waals surface area (Å²) in [7, 11) is -16.2. The molecule has 0 amide bonds. The normalized spacial score (nSPS) is 23.8. The highest BCUT2D eigenvalue weighted by molar-refractivity contribution is 7.61. The van der Waals surface area contributed by atoms with Crippen molar-refractivity contribution >= 4 is 46.1 Å². The first kappa shape index (κ1) is 41.4. The minimum Gasteiger partial charge on any atom is -0.393 e. The standard InChI is InChI=1S/C25H42N5O16P3/c1-14(2)44-29-15(3)8-7-9-17(31)22(33)25(5,6)11-42-49(39,40)46-48(37,38)41-10-18-21(45-47(34,35)36)20(32)24(43-18)30-13-28-19-16(4)26-12-27-23(19)30/h12-14,18,20-22,24,32-33H,7-11H2,1-6H3,(H,37,38)(H,39,40)(H2,34,35,36)/b29-15+. The molecule has 21 nitrogen and oxygen atoms in total. The number of aromatic nitrogens is 4. The zero-order valence-electron chi connectivity index (χ0n) is 27.5. The number of ether oxygens (including phenoxy) is 1. The van der Waals surface area contributed by atoms with Crippen LogP contribution in [0.25, 0.3) is 11.2 Å². The molecule has 6 N–H and O–H groups in total. The number of imidazole rings is 1. The van der Waals surface area contributed by atoms with Crippen LogP contribution in [-0.2, 0) is 45.9 Å². The molecule has 2 aromatic rings. The number of phosphoric ester groups is 3. The molecular weight excluding hydrogens is 719 g/mol. The van der Waals surface area contributed by atoms with Gasteiger partial charge in [-0.2, -0.15) is 4.31 Å². The number of aryl methyl sites for hydroxylation is 1. The number of phosphoric acid groups is 3. The maximum Gasteiger partial charge on any atom is 0.481 e. The number of nitrogens with zero attached hydrogens (tertiary/aromatic N) is 5. The fraction of sp³-hybridized carbons (Fsp3) is 0.720. The van der Waals surface area contributed by atoms with Gasteiger partial charge in [-0.05, 0) is 40.5 Å². The lowest BCUT2D eigenvalue weighted by Crippen LogP contribution is -2.39. The lowest BCUT2D eigenvalue weighted by atomic mass is 9.84. The van der Waals surface area contributed by atoms with Crippen LogP contribution in [-0.4, -0.2) is 105 Å². The second kappa shape index (κ2) is 16.5. The average molecular weight is 762 g/mol. The van der Waals surface area contributed by atoms with E-state index in [4.69, 9.17) is 18.6 Å². The molecule has 24 heteroatoms. The van der Waals surface area contributed by atoms with Gasteiger partial charge in [0.25, 0.3) is 0 Å². The molecule has 0 bridgehead atoms. The summed E-state index contributed by atoms with van der Waals surface area (Å²) in [5.41, 5.74) is 0.159. The SMILES string of the molecule is C/C(CCCC(=O)C(O)C(C)(C)COP(=O)(O)OP(=O)(O)OCC1OC(n2cnc3c(C)ncnc32)C(O)C1OP(=O)(O)O)=N\OC(C)C. The maximum atomic E-state index is 12.6. The molecule has 1 saturated heterocycles. The molecule has 1 fully saturated rings. The number of carbonyl (C=O) groups is 1. The summed E-state index contributed by atoms with van der Waals surface area (Å²) >= 11 is 0. The zero-order chi connectivity index (χ0) is 36.9. The number of hydrogen-bond acceptors (Lipinski definition) is 16. The first-order chi connectivity index (χ1) is 22.5. The van der Waals surface area contributed by atoms with Crippen molar-refractivity contribution in [2.24, 2.45) is 10.6 Å². The molecule has 3 rings (SSSR count). The summed E-state index contributed by atoms with van der Waals surface area (Å²) in [5, 5.41) is 25.4. The van der Waals surface area contributed by atoms with Gasteiger partial charge in [0.15, 0.2) is 17.7 Å². The molecule has 2 aromatic heterocycles. The number of aliphatic hydroxyl groups excluding tert-OH is 2. The van der Waals surface area contributed by atoms with Crippen molar-refractivity contribution < 1.29 is 75.7 Å². The Morgan fingerprint density at radius 2 is 1.73 bits per heavy atom. The van der Waals surface area contributed by atoms with Crippen LogP contribution in [0.4, 0.5) is 0 Å². The van der Waals surface area contributed by atoms with Crippen LogP contribution < -0.4 is 0 Å². The van der Waals surface area contributed by atoms with Gasteiger partial charge in [-0.1, -0.05) is 19.0 Å². The van der Waals surface area contributed by atoms with Crippen molar-refractivity contribution in [3.05, 3.63) is 18.3 Å². The summed E-state index contributed by atoms with van der Waals surface area (Å²) in [4.78, 5) is 69.0. The minimum atomic E-state index is -5.49. The van der Waals surface area contributed by atoms with Crippen LogP contribution in [0.5, 0.6) is 0 Å². The maximum absolute atomic E-state index is 12.6. The average Bonchev–Trinajstić information content (AvgIpc) is 3.54. The molecule has 278 valence electrons. The third-order valence-corrected chi connectivity index (χ3v) is 10.1. The summed E-state index contributed by atoms with van der Waals surface area (Å²) in [6.07, 6.45) is -5.41. The van der Waals surface area contributed by atoms with E-state index in [0.29, 0.717) is 29.8 Å². The Bertz CT molecular complexity index is 1630. The topological polar surface area (TPSA) is 301 Å². The van der Waals surface area contributed by atoms with E-state index in [1.165, 1.54) is 31.1 Å². The molecule has 3 heterocycles. The molecule has 7 atom stereocenters. The Morgan fingerprint density at radius 3 is 2.37 bits per heavy atom. The number of rotatable bonds is 19. The van der Waals surface area contributed by atoms with Gasteiger partial charge in [0, 0.05) is 11.8 Å². The lowest BCUT2D eigenvalue weighted by molar-refractivity contribution is -0.134. The molecule has 1 aliphatic rings. The van der Waals surface area contributed by atoms with E-state index in [1.54, 1.807) is 27.7 Å². The van der Waals surface area contributed by atoms with Crippen LogP contribution in [0.2, 0.25) is 0 Å². The number of oxime groups is 1. The zero-order valence-corrected chi connectivity index (χ0v) is 30.2. The monoisotopic (exact) mass is 761 g/mol. The molecule has 0 radical (unpaired) electrons. The van der Waals surface area contributed by atoms with E-state index in [-0.39, 0.29) is 18.2 Å². The van der Waals surface area contributed by atoms with E-state index in [0.717, 1.165) is 0 Å². The quantitative estimate of drug-likeness (QED) is 0.0678. The van der Waals surface area contributed by atoms with E-state index in [1.807, 2.05) is 0 Å². The molecular formula is C25H42N5O16P3. The van der Waals surface area contributed by atoms with Crippen LogP contribution in [0.1, 0.15) is 65.8 Å². The van der Waals surface area contributed by atoms with E-state index in [9.17, 15) is 48.3 Å². The first-order valence-electron chi connectivity index (χ1n) is 14.8. The van der Waals surface area contributed by atoms with E-state index in [2.05, 4.69) is 28.9 Å². The predicted octanol–water partition coefficient (Wildman–Crippen LogP) is 2.05. The van der Waals surface area contributed by atoms with Crippen LogP contribution in [0.3, 0.4) is 0 Å². The second-order valence-electron chi connectivity index (χ2n) is 12.2. The molecule has 49 heavy (non-hydrogen) atoms. The molecule has 0 spiro atoms. The van der Waals surface area contributed by atoms with Gasteiger partial charge in [0.05, 0.1) is 30.9 Å². The van der Waals surface area contributed by atoms with Gasteiger partial charge in [-0.15, -0.1) is 0 Å². The van der Waals surface area contributed by atoms with Gasteiger partial charge in [-0.25, -0.2) is 28.6 Å². The third-order valence-electron chi connectivity index (χ3n) is 7.02. The van der Waals surface area contributed by atoms with Crippen LogP contribution >= 0.6 is 23.5 Å². The highest BCUT2D eigenvalue weighted by Gasteiger charge is 2.50. The summed E-state index contributed by atoms with van der Waals surface area (Å²) in [6, 6.07) is 0. The Hall–Kier alpha value is -2.06. The van der Waals surface area contributed by atoms with Gasteiger partial charge < -0.3 is 39.4 Å². The molecule has 0 saturated carbocycles. The predicted molar refractivity (Wildman–Crippen MR) is 168 cm³/mol. The Kier molecular flexibility index (Phi) is 13.9. The molecule has 0 aromatic carbocycles. The van der Waals surface area contributed by atoms with Crippen molar-refractivity contribution in [2.75, 3.05) is 13.2 Å². The van der Waals surface area contributed by atoms with Crippen LogP contribution in [0, 0.1) is 12.3 Å². The Balaban J connectivity index is 1.60. The number of ketones is 1. The highest BCUT2D eigenvalue weighted by atomic mass is 31.3. The number of Topliss-reactive ketones (excluding diaryl/α,β-unsaturated/α-hetero) is 1. The molecule has 7 unspecified atom stereocenters. The van der Waals surface area contributed by atoms with Gasteiger partial charge in [0.2, 0.25) is 0 Å². The van der Waals surface area contributed by atoms with Crippen molar-refractivity contribution in [3.8, 4) is 0 Å². The smallest absolute Gasteiger partial charge is 0.393 e. The second-order valence-corrected chi connectivity index (χ2v) is 16.4. The fourth-order valence-corrected chi connectivity index (χ4v) is 7.36. The Morgan fingerprint density at radius 1 is 1.08 bits per heavy atom. The summed E-state index contributed by atoms with van der Waals surface area (Å²) in [5.74, 6) is -0.591. The first-order valence-corrected chi connectivity index (χ1v) is 19.3. The van der Waals surface area contributed by atoms with Crippen molar-refractivity contribution in [1.82, 2.24) is 19.5 Å². The highest BCUT2D eigenvalue weighted by Crippen LogP contribution is 2.61. The molecule has 0 aliphatic carbocycles. The van der Waals surface area contributed by atoms with Gasteiger partial charge in [0.1, 0.15) is 42.4 Å². The fourth-order valence-electron chi connectivity index (χ4n) is 4.53. The number of aliphatic hydroxyl groups is 2. The minimum absolute atomic E-state index is 0.0535. The third kappa shape index (κ3) is 12.0.